The number of nitrogens with one attached hydrogen (secondary N) is 1. The molecular formula is C25H18BrClN2O4. The molecule has 6 nitrogen and oxygen atoms in total. The molecule has 8 heteroatoms. The van der Waals surface area contributed by atoms with E-state index in [0.29, 0.717) is 38.7 Å². The van der Waals surface area contributed by atoms with Crippen molar-refractivity contribution in [2.75, 3.05) is 12.4 Å². The van der Waals surface area contributed by atoms with Gasteiger partial charge in [-0.15, -0.1) is 0 Å². The molecule has 0 radical (unpaired) electrons. The lowest BCUT2D eigenvalue weighted by Crippen LogP contribution is -2.13. The summed E-state index contributed by atoms with van der Waals surface area (Å²) < 4.78 is 11.1. The van der Waals surface area contributed by atoms with E-state index in [1.165, 1.54) is 25.3 Å². The third-order valence-electron chi connectivity index (χ3n) is 4.54. The molecule has 0 heterocycles. The number of methoxy groups -OCH3 is 1. The topological polar surface area (TPSA) is 88.4 Å². The number of carbonyl (C=O) groups excluding carboxylic acids is 2. The van der Waals surface area contributed by atoms with Gasteiger partial charge in [0.05, 0.1) is 17.1 Å². The van der Waals surface area contributed by atoms with Crippen LogP contribution in [0.3, 0.4) is 0 Å². The fourth-order valence-corrected chi connectivity index (χ4v) is 3.52. The van der Waals surface area contributed by atoms with Gasteiger partial charge in [0.25, 0.3) is 5.91 Å². The Kier molecular flexibility index (Phi) is 8.25. The van der Waals surface area contributed by atoms with Gasteiger partial charge in [0.2, 0.25) is 0 Å². The van der Waals surface area contributed by atoms with Crippen LogP contribution >= 0.6 is 27.5 Å². The fourth-order valence-electron chi connectivity index (χ4n) is 2.82. The zero-order chi connectivity index (χ0) is 23.8. The lowest BCUT2D eigenvalue weighted by Gasteiger charge is -2.10. The van der Waals surface area contributed by atoms with Crippen LogP contribution in [-0.4, -0.2) is 19.0 Å². The molecule has 3 rings (SSSR count). The maximum absolute atomic E-state index is 12.5. The van der Waals surface area contributed by atoms with Crippen molar-refractivity contribution in [3.63, 3.8) is 0 Å². The van der Waals surface area contributed by atoms with Gasteiger partial charge in [-0.05, 0) is 70.0 Å². The molecule has 1 amide bonds. The number of hydrogen-bond donors (Lipinski definition) is 1. The molecule has 0 saturated carbocycles. The van der Waals surface area contributed by atoms with Crippen molar-refractivity contribution in [2.45, 2.75) is 6.61 Å². The molecule has 3 aromatic rings. The average Bonchev–Trinajstić information content (AvgIpc) is 2.82. The summed E-state index contributed by atoms with van der Waals surface area (Å²) in [5.74, 6) is -0.449. The number of anilines is 1. The average molecular weight is 526 g/mol. The SMILES string of the molecule is COC(=O)c1ccc(NC(=O)/C(C#N)=C/c2ccc(OCc3ccccc3Cl)c(Br)c2)cc1. The first-order valence-electron chi connectivity index (χ1n) is 9.68. The van der Waals surface area contributed by atoms with Crippen LogP contribution in [0.5, 0.6) is 5.75 Å². The summed E-state index contributed by atoms with van der Waals surface area (Å²) in [4.78, 5) is 24.0. The van der Waals surface area contributed by atoms with E-state index in [1.54, 1.807) is 36.4 Å². The van der Waals surface area contributed by atoms with E-state index in [2.05, 4.69) is 26.0 Å². The van der Waals surface area contributed by atoms with Crippen LogP contribution in [0.25, 0.3) is 6.08 Å². The summed E-state index contributed by atoms with van der Waals surface area (Å²) in [5, 5.41) is 12.7. The number of amides is 1. The minimum absolute atomic E-state index is 0.0799. The first-order valence-corrected chi connectivity index (χ1v) is 10.9. The Morgan fingerprint density at radius 1 is 1.12 bits per heavy atom. The molecule has 0 aliphatic rings. The smallest absolute Gasteiger partial charge is 0.337 e. The summed E-state index contributed by atoms with van der Waals surface area (Å²) in [7, 11) is 1.29. The molecular weight excluding hydrogens is 508 g/mol. The van der Waals surface area contributed by atoms with Crippen molar-refractivity contribution in [3.8, 4) is 11.8 Å². The Labute approximate surface area is 204 Å². The molecule has 0 unspecified atom stereocenters. The minimum Gasteiger partial charge on any atom is -0.488 e. The van der Waals surface area contributed by atoms with Crippen LogP contribution in [0.1, 0.15) is 21.5 Å². The van der Waals surface area contributed by atoms with E-state index in [9.17, 15) is 14.9 Å². The van der Waals surface area contributed by atoms with Gasteiger partial charge in [-0.25, -0.2) is 4.79 Å². The molecule has 166 valence electrons. The number of rotatable bonds is 7. The van der Waals surface area contributed by atoms with E-state index < -0.39 is 11.9 Å². The van der Waals surface area contributed by atoms with E-state index in [0.717, 1.165) is 5.56 Å². The highest BCUT2D eigenvalue weighted by molar-refractivity contribution is 9.10. The molecule has 1 N–H and O–H groups in total. The highest BCUT2D eigenvalue weighted by Gasteiger charge is 2.12. The van der Waals surface area contributed by atoms with E-state index in [-0.39, 0.29) is 5.57 Å². The standard InChI is InChI=1S/C25H18BrClN2O4/c1-32-25(31)17-7-9-20(10-8-17)29-24(30)19(14-28)12-16-6-11-23(21(26)13-16)33-15-18-4-2-3-5-22(18)27/h2-13H,15H2,1H3,(H,29,30)/b19-12+. The van der Waals surface area contributed by atoms with E-state index in [4.69, 9.17) is 16.3 Å². The summed E-state index contributed by atoms with van der Waals surface area (Å²) >= 11 is 9.61. The van der Waals surface area contributed by atoms with Crippen LogP contribution in [0.15, 0.2) is 76.8 Å². The molecule has 0 aliphatic heterocycles. The molecule has 0 saturated heterocycles. The highest BCUT2D eigenvalue weighted by Crippen LogP contribution is 2.28. The summed E-state index contributed by atoms with van der Waals surface area (Å²) in [5.41, 5.74) is 2.22. The van der Waals surface area contributed by atoms with E-state index in [1.807, 2.05) is 24.3 Å². The second kappa shape index (κ2) is 11.3. The number of halogens is 2. The second-order valence-electron chi connectivity index (χ2n) is 6.76. The Balaban J connectivity index is 1.69. The minimum atomic E-state index is -0.571. The van der Waals surface area contributed by atoms with Crippen LogP contribution in [0.2, 0.25) is 5.02 Å². The molecule has 0 aromatic heterocycles. The van der Waals surface area contributed by atoms with Crippen LogP contribution in [-0.2, 0) is 16.1 Å². The number of benzene rings is 3. The zero-order valence-corrected chi connectivity index (χ0v) is 19.8. The number of nitriles is 1. The Morgan fingerprint density at radius 2 is 1.85 bits per heavy atom. The first-order chi connectivity index (χ1) is 15.9. The molecule has 33 heavy (non-hydrogen) atoms. The summed E-state index contributed by atoms with van der Waals surface area (Å²) in [6.07, 6.45) is 1.47. The largest absolute Gasteiger partial charge is 0.488 e. The lowest BCUT2D eigenvalue weighted by molar-refractivity contribution is -0.112. The van der Waals surface area contributed by atoms with Crippen LogP contribution < -0.4 is 10.1 Å². The van der Waals surface area contributed by atoms with Crippen molar-refractivity contribution in [1.29, 1.82) is 5.26 Å². The maximum Gasteiger partial charge on any atom is 0.337 e. The Hall–Kier alpha value is -3.60. The van der Waals surface area contributed by atoms with Crippen molar-refractivity contribution in [1.82, 2.24) is 0 Å². The summed E-state index contributed by atoms with van der Waals surface area (Å²) in [6.45, 7) is 0.300. The zero-order valence-electron chi connectivity index (χ0n) is 17.5. The molecule has 0 aliphatic carbocycles. The number of esters is 1. The van der Waals surface area contributed by atoms with Crippen LogP contribution in [0, 0.1) is 11.3 Å². The third-order valence-corrected chi connectivity index (χ3v) is 5.53. The van der Waals surface area contributed by atoms with Gasteiger partial charge in [0.1, 0.15) is 24.0 Å². The number of hydrogen-bond acceptors (Lipinski definition) is 5. The predicted octanol–water partition coefficient (Wildman–Crippen LogP) is 6.01. The predicted molar refractivity (Wildman–Crippen MR) is 130 cm³/mol. The molecule has 0 fully saturated rings. The second-order valence-corrected chi connectivity index (χ2v) is 8.02. The van der Waals surface area contributed by atoms with Gasteiger partial charge in [0.15, 0.2) is 0 Å². The molecule has 0 spiro atoms. The van der Waals surface area contributed by atoms with Gasteiger partial charge in [0, 0.05) is 16.3 Å². The van der Waals surface area contributed by atoms with Gasteiger partial charge < -0.3 is 14.8 Å². The summed E-state index contributed by atoms with van der Waals surface area (Å²) in [6, 6.07) is 20.7. The normalized spacial score (nSPS) is 10.8. The molecule has 0 bridgehead atoms. The van der Waals surface area contributed by atoms with Crippen molar-refractivity contribution in [2.24, 2.45) is 0 Å². The van der Waals surface area contributed by atoms with Crippen molar-refractivity contribution >= 4 is 51.2 Å². The maximum atomic E-state index is 12.5. The fraction of sp³-hybridized carbons (Fsp3) is 0.0800. The molecule has 0 atom stereocenters. The van der Waals surface area contributed by atoms with Crippen molar-refractivity contribution < 1.29 is 19.1 Å². The number of carbonyl (C=O) groups is 2. The first kappa shape index (κ1) is 24.1. The van der Waals surface area contributed by atoms with Gasteiger partial charge in [-0.1, -0.05) is 35.9 Å². The van der Waals surface area contributed by atoms with E-state index >= 15 is 0 Å². The third kappa shape index (κ3) is 6.45. The Bertz CT molecular complexity index is 1250. The van der Waals surface area contributed by atoms with Gasteiger partial charge in [-0.2, -0.15) is 5.26 Å². The highest BCUT2D eigenvalue weighted by atomic mass is 79.9. The number of nitrogens with zero attached hydrogens (tertiary/aromatic N) is 1. The number of ether oxygens (including phenoxy) is 2. The Morgan fingerprint density at radius 3 is 2.48 bits per heavy atom. The van der Waals surface area contributed by atoms with Crippen LogP contribution in [0.4, 0.5) is 5.69 Å². The van der Waals surface area contributed by atoms with Gasteiger partial charge >= 0.3 is 5.97 Å². The monoisotopic (exact) mass is 524 g/mol. The lowest BCUT2D eigenvalue weighted by atomic mass is 10.1. The molecule has 3 aromatic carbocycles. The van der Waals surface area contributed by atoms with Crippen molar-refractivity contribution in [3.05, 3.63) is 98.5 Å². The van der Waals surface area contributed by atoms with Gasteiger partial charge in [-0.3, -0.25) is 4.79 Å². The quantitative estimate of drug-likeness (QED) is 0.232.